The summed E-state index contributed by atoms with van der Waals surface area (Å²) in [5.41, 5.74) is 4.09. The van der Waals surface area contributed by atoms with E-state index in [1.54, 1.807) is 33.4 Å². The van der Waals surface area contributed by atoms with E-state index in [0.717, 1.165) is 17.0 Å². The Morgan fingerprint density at radius 1 is 1.06 bits per heavy atom. The van der Waals surface area contributed by atoms with E-state index in [1.165, 1.54) is 18.7 Å². The van der Waals surface area contributed by atoms with E-state index in [1.807, 2.05) is 47.9 Å². The number of pyridine rings is 1. The fraction of sp³-hybridized carbons (Fsp3) is 0.240. The number of aromatic amines is 1. The molecule has 1 atom stereocenters. The van der Waals surface area contributed by atoms with E-state index < -0.39 is 5.25 Å². The van der Waals surface area contributed by atoms with Crippen LogP contribution in [-0.2, 0) is 0 Å². The zero-order valence-corrected chi connectivity index (χ0v) is 20.4. The second-order valence-electron chi connectivity index (χ2n) is 7.88. The van der Waals surface area contributed by atoms with Gasteiger partial charge in [-0.15, -0.1) is 10.2 Å². The van der Waals surface area contributed by atoms with Crippen molar-refractivity contribution < 1.29 is 14.3 Å². The lowest BCUT2D eigenvalue weighted by molar-refractivity contribution is 0.0988. The summed E-state index contributed by atoms with van der Waals surface area (Å²) in [7, 11) is 1.62. The molecule has 8 nitrogen and oxygen atoms in total. The van der Waals surface area contributed by atoms with Crippen LogP contribution < -0.4 is 4.74 Å². The van der Waals surface area contributed by atoms with Crippen molar-refractivity contribution in [3.63, 3.8) is 0 Å². The smallest absolute Gasteiger partial charge is 0.196 e. The zero-order chi connectivity index (χ0) is 24.4. The topological polar surface area (TPSA) is 103 Å². The van der Waals surface area contributed by atoms with Crippen LogP contribution in [0.2, 0.25) is 0 Å². The summed E-state index contributed by atoms with van der Waals surface area (Å²) in [6.07, 6.45) is 3.40. The number of ether oxygens (including phenoxy) is 1. The maximum atomic E-state index is 13.3. The third-order valence-electron chi connectivity index (χ3n) is 5.59. The number of ketones is 2. The Balaban J connectivity index is 1.72. The number of thioether (sulfide) groups is 1. The molecule has 174 valence electrons. The van der Waals surface area contributed by atoms with E-state index in [0.29, 0.717) is 33.5 Å². The first-order valence-corrected chi connectivity index (χ1v) is 11.6. The van der Waals surface area contributed by atoms with Crippen LogP contribution in [0.25, 0.3) is 17.1 Å². The largest absolute Gasteiger partial charge is 0.497 e. The quantitative estimate of drug-likeness (QED) is 0.287. The molecule has 4 rings (SSSR count). The Morgan fingerprint density at radius 2 is 1.74 bits per heavy atom. The number of aryl methyl sites for hydroxylation is 1. The molecule has 0 spiro atoms. The fourth-order valence-electron chi connectivity index (χ4n) is 3.94. The van der Waals surface area contributed by atoms with E-state index >= 15 is 0 Å². The molecular formula is C25H25N5O3S. The maximum absolute atomic E-state index is 13.3. The molecule has 9 heteroatoms. The number of rotatable bonds is 8. The molecule has 0 aliphatic rings. The number of hydrogen-bond acceptors (Lipinski definition) is 7. The van der Waals surface area contributed by atoms with Gasteiger partial charge in [0.2, 0.25) is 0 Å². The molecule has 0 fully saturated rings. The number of hydrogen-bond donors (Lipinski definition) is 1. The molecule has 3 heterocycles. The van der Waals surface area contributed by atoms with Crippen LogP contribution in [0.1, 0.15) is 46.0 Å². The summed E-state index contributed by atoms with van der Waals surface area (Å²) < 4.78 is 7.20. The molecule has 0 saturated carbocycles. The first kappa shape index (κ1) is 23.4. The van der Waals surface area contributed by atoms with E-state index in [2.05, 4.69) is 20.2 Å². The first-order chi connectivity index (χ1) is 16.3. The van der Waals surface area contributed by atoms with Crippen molar-refractivity contribution in [2.45, 2.75) is 38.1 Å². The normalized spacial score (nSPS) is 11.9. The number of aromatic nitrogens is 5. The lowest BCUT2D eigenvalue weighted by Gasteiger charge is -2.13. The van der Waals surface area contributed by atoms with Gasteiger partial charge in [0.05, 0.1) is 18.1 Å². The van der Waals surface area contributed by atoms with Gasteiger partial charge in [0.25, 0.3) is 0 Å². The predicted octanol–water partition coefficient (Wildman–Crippen LogP) is 4.85. The van der Waals surface area contributed by atoms with Crippen LogP contribution in [0.15, 0.2) is 53.9 Å². The van der Waals surface area contributed by atoms with Gasteiger partial charge in [-0.1, -0.05) is 11.8 Å². The highest BCUT2D eigenvalue weighted by atomic mass is 32.2. The van der Waals surface area contributed by atoms with Gasteiger partial charge in [0, 0.05) is 34.9 Å². The SMILES string of the molecule is COc1ccc(-n2c(S[C@@H](C)C(=O)c3[nH]c(C)c(C(C)=O)c3C)nnc2-c2ccncc2)cc1. The predicted molar refractivity (Wildman–Crippen MR) is 131 cm³/mol. The van der Waals surface area contributed by atoms with Crippen LogP contribution >= 0.6 is 11.8 Å². The fourth-order valence-corrected chi connectivity index (χ4v) is 4.86. The van der Waals surface area contributed by atoms with Gasteiger partial charge in [-0.3, -0.25) is 19.1 Å². The molecule has 0 aliphatic carbocycles. The van der Waals surface area contributed by atoms with Crippen molar-refractivity contribution in [1.82, 2.24) is 24.7 Å². The van der Waals surface area contributed by atoms with Gasteiger partial charge in [0.1, 0.15) is 5.75 Å². The Kier molecular flexibility index (Phi) is 6.65. The average Bonchev–Trinajstić information content (AvgIpc) is 3.39. The molecule has 0 bridgehead atoms. The molecule has 1 aromatic carbocycles. The van der Waals surface area contributed by atoms with E-state index in [-0.39, 0.29) is 11.6 Å². The van der Waals surface area contributed by atoms with Crippen molar-refractivity contribution in [1.29, 1.82) is 0 Å². The standard InChI is InChI=1S/C25H25N5O3S/c1-14-21(16(3)31)15(2)27-22(14)23(32)17(4)34-25-29-28-24(18-10-12-26-13-11-18)30(25)19-6-8-20(33-5)9-7-19/h6-13,17,27H,1-5H3/t17-/m0/s1. The molecule has 0 unspecified atom stereocenters. The number of methoxy groups -OCH3 is 1. The minimum atomic E-state index is -0.469. The summed E-state index contributed by atoms with van der Waals surface area (Å²) in [6, 6.07) is 11.3. The second kappa shape index (κ2) is 9.64. The van der Waals surface area contributed by atoms with Crippen molar-refractivity contribution in [2.75, 3.05) is 7.11 Å². The monoisotopic (exact) mass is 475 g/mol. The van der Waals surface area contributed by atoms with Crippen molar-refractivity contribution in [3.05, 3.63) is 71.3 Å². The molecule has 4 aromatic rings. The lowest BCUT2D eigenvalue weighted by Crippen LogP contribution is -2.16. The Bertz CT molecular complexity index is 1340. The molecular weight excluding hydrogens is 450 g/mol. The summed E-state index contributed by atoms with van der Waals surface area (Å²) in [5.74, 6) is 1.21. The zero-order valence-electron chi connectivity index (χ0n) is 19.6. The molecule has 3 aromatic heterocycles. The highest BCUT2D eigenvalue weighted by Gasteiger charge is 2.27. The first-order valence-electron chi connectivity index (χ1n) is 10.7. The van der Waals surface area contributed by atoms with Gasteiger partial charge in [-0.2, -0.15) is 0 Å². The minimum Gasteiger partial charge on any atom is -0.497 e. The summed E-state index contributed by atoms with van der Waals surface area (Å²) in [4.78, 5) is 32.5. The third-order valence-corrected chi connectivity index (χ3v) is 6.63. The summed E-state index contributed by atoms with van der Waals surface area (Å²) in [6.45, 7) is 6.94. The maximum Gasteiger partial charge on any atom is 0.196 e. The Hall–Kier alpha value is -3.72. The molecule has 0 aliphatic heterocycles. The van der Waals surface area contributed by atoms with Crippen LogP contribution in [-0.4, -0.2) is 48.7 Å². The molecule has 34 heavy (non-hydrogen) atoms. The van der Waals surface area contributed by atoms with Crippen molar-refractivity contribution >= 4 is 23.3 Å². The minimum absolute atomic E-state index is 0.0631. The molecule has 0 saturated heterocycles. The van der Waals surface area contributed by atoms with Crippen LogP contribution in [0.5, 0.6) is 5.75 Å². The van der Waals surface area contributed by atoms with Crippen LogP contribution in [0.4, 0.5) is 0 Å². The van der Waals surface area contributed by atoms with Crippen molar-refractivity contribution in [2.24, 2.45) is 0 Å². The highest BCUT2D eigenvalue weighted by Crippen LogP contribution is 2.32. The average molecular weight is 476 g/mol. The molecule has 1 N–H and O–H groups in total. The number of carbonyl (C=O) groups is 2. The van der Waals surface area contributed by atoms with Gasteiger partial charge in [-0.25, -0.2) is 0 Å². The molecule has 0 radical (unpaired) electrons. The van der Waals surface area contributed by atoms with Crippen LogP contribution in [0, 0.1) is 13.8 Å². The number of Topliss-reactive ketones (excluding diaryl/α,β-unsaturated/α-hetero) is 2. The second-order valence-corrected chi connectivity index (χ2v) is 9.19. The van der Waals surface area contributed by atoms with Gasteiger partial charge in [0.15, 0.2) is 22.5 Å². The van der Waals surface area contributed by atoms with Gasteiger partial charge < -0.3 is 9.72 Å². The number of nitrogens with one attached hydrogen (secondary N) is 1. The molecule has 0 amide bonds. The Morgan fingerprint density at radius 3 is 2.32 bits per heavy atom. The Labute approximate surface area is 201 Å². The number of nitrogens with zero attached hydrogens (tertiary/aromatic N) is 4. The number of H-pyrrole nitrogens is 1. The van der Waals surface area contributed by atoms with Crippen molar-refractivity contribution in [3.8, 4) is 22.8 Å². The highest BCUT2D eigenvalue weighted by molar-refractivity contribution is 8.00. The van der Waals surface area contributed by atoms with Crippen LogP contribution in [0.3, 0.4) is 0 Å². The van der Waals surface area contributed by atoms with Gasteiger partial charge in [-0.05, 0) is 69.7 Å². The number of carbonyl (C=O) groups excluding carboxylic acids is 2. The van der Waals surface area contributed by atoms with Gasteiger partial charge >= 0.3 is 0 Å². The van der Waals surface area contributed by atoms with E-state index in [4.69, 9.17) is 4.74 Å². The van der Waals surface area contributed by atoms with E-state index in [9.17, 15) is 9.59 Å². The lowest BCUT2D eigenvalue weighted by atomic mass is 10.0. The number of benzene rings is 1. The summed E-state index contributed by atoms with van der Waals surface area (Å²) in [5, 5.41) is 8.93. The third kappa shape index (κ3) is 4.38. The summed E-state index contributed by atoms with van der Waals surface area (Å²) >= 11 is 1.31.